The molecular weight excluding hydrogens is 236 g/mol. The first kappa shape index (κ1) is 15.2. The minimum Gasteiger partial charge on any atom is -0.457 e. The Kier molecular flexibility index (Phi) is 5.11. The largest absolute Gasteiger partial charge is 0.457 e. The van der Waals surface area contributed by atoms with E-state index in [1.807, 2.05) is 33.8 Å². The van der Waals surface area contributed by atoms with Crippen LogP contribution in [0, 0.1) is 6.92 Å². The van der Waals surface area contributed by atoms with Crippen molar-refractivity contribution >= 4 is 11.5 Å². The maximum atomic E-state index is 11.5. The summed E-state index contributed by atoms with van der Waals surface area (Å²) in [4.78, 5) is 11.5. The van der Waals surface area contributed by atoms with E-state index in [4.69, 9.17) is 4.74 Å². The number of hydrogen-bond donors (Lipinski definition) is 0. The summed E-state index contributed by atoms with van der Waals surface area (Å²) in [6.45, 7) is 9.64. The molecule has 0 saturated heterocycles. The summed E-state index contributed by atoms with van der Waals surface area (Å²) in [6.07, 6.45) is 5.08. The van der Waals surface area contributed by atoms with E-state index in [0.29, 0.717) is 0 Å². The minimum absolute atomic E-state index is 0.319. The lowest BCUT2D eigenvalue weighted by molar-refractivity contribution is -0.148. The molecule has 0 amide bonds. The third kappa shape index (κ3) is 6.05. The smallest absolute Gasteiger partial charge is 0.331 e. The molecule has 102 valence electrons. The van der Waals surface area contributed by atoms with Crippen LogP contribution < -0.4 is 0 Å². The maximum Gasteiger partial charge on any atom is 0.331 e. The molecule has 0 bridgehead atoms. The molecule has 1 rings (SSSR count). The van der Waals surface area contributed by atoms with Crippen LogP contribution in [0.2, 0.25) is 0 Å². The SMILES string of the molecule is C/C(=C\C=C\C(=O)OC(C)(C)C)c1ccc(C)cc1. The van der Waals surface area contributed by atoms with E-state index in [0.717, 1.165) is 11.1 Å². The number of carbonyl (C=O) groups is 1. The maximum absolute atomic E-state index is 11.5. The van der Waals surface area contributed by atoms with Gasteiger partial charge in [0.2, 0.25) is 0 Å². The monoisotopic (exact) mass is 258 g/mol. The van der Waals surface area contributed by atoms with Crippen LogP contribution in [-0.2, 0) is 9.53 Å². The molecule has 0 spiro atoms. The summed E-state index contributed by atoms with van der Waals surface area (Å²) in [6, 6.07) is 8.29. The summed E-state index contributed by atoms with van der Waals surface area (Å²) in [7, 11) is 0. The van der Waals surface area contributed by atoms with E-state index in [1.165, 1.54) is 11.6 Å². The van der Waals surface area contributed by atoms with Gasteiger partial charge in [-0.15, -0.1) is 0 Å². The number of rotatable bonds is 3. The van der Waals surface area contributed by atoms with E-state index < -0.39 is 5.60 Å². The fourth-order valence-electron chi connectivity index (χ4n) is 1.52. The molecule has 2 nitrogen and oxygen atoms in total. The second kappa shape index (κ2) is 6.37. The standard InChI is InChI=1S/C17H22O2/c1-13-9-11-15(12-10-13)14(2)7-6-8-16(18)19-17(3,4)5/h6-12H,1-5H3/b8-6+,14-7+. The van der Waals surface area contributed by atoms with E-state index in [9.17, 15) is 4.79 Å². The number of carbonyl (C=O) groups excluding carboxylic acids is 1. The third-order valence-corrected chi connectivity index (χ3v) is 2.49. The molecule has 0 aromatic heterocycles. The Morgan fingerprint density at radius 2 is 1.74 bits per heavy atom. The number of allylic oxidation sites excluding steroid dienone is 3. The van der Waals surface area contributed by atoms with Crippen molar-refractivity contribution in [3.05, 3.63) is 53.6 Å². The van der Waals surface area contributed by atoms with Gasteiger partial charge >= 0.3 is 5.97 Å². The first-order valence-electron chi connectivity index (χ1n) is 6.43. The van der Waals surface area contributed by atoms with Crippen LogP contribution in [0.5, 0.6) is 0 Å². The Balaban J connectivity index is 2.65. The van der Waals surface area contributed by atoms with Gasteiger partial charge in [-0.05, 0) is 45.8 Å². The van der Waals surface area contributed by atoms with Crippen LogP contribution >= 0.6 is 0 Å². The van der Waals surface area contributed by atoms with Crippen molar-refractivity contribution in [3.63, 3.8) is 0 Å². The Hall–Kier alpha value is -1.83. The highest BCUT2D eigenvalue weighted by molar-refractivity contribution is 5.83. The lowest BCUT2D eigenvalue weighted by atomic mass is 10.1. The minimum atomic E-state index is -0.447. The van der Waals surface area contributed by atoms with E-state index >= 15 is 0 Å². The number of benzene rings is 1. The Labute approximate surface area is 115 Å². The van der Waals surface area contributed by atoms with Gasteiger partial charge in [-0.25, -0.2) is 4.79 Å². The van der Waals surface area contributed by atoms with Crippen molar-refractivity contribution in [2.24, 2.45) is 0 Å². The molecule has 0 N–H and O–H groups in total. The second-order valence-electron chi connectivity index (χ2n) is 5.61. The van der Waals surface area contributed by atoms with Crippen molar-refractivity contribution in [2.45, 2.75) is 40.2 Å². The molecule has 1 aromatic carbocycles. The summed E-state index contributed by atoms with van der Waals surface area (Å²) >= 11 is 0. The van der Waals surface area contributed by atoms with E-state index in [2.05, 4.69) is 31.2 Å². The molecule has 0 heterocycles. The van der Waals surface area contributed by atoms with Gasteiger partial charge in [0.15, 0.2) is 0 Å². The predicted octanol–water partition coefficient (Wildman–Crippen LogP) is 4.30. The molecular formula is C17H22O2. The van der Waals surface area contributed by atoms with Crippen molar-refractivity contribution in [2.75, 3.05) is 0 Å². The van der Waals surface area contributed by atoms with Gasteiger partial charge in [-0.3, -0.25) is 0 Å². The number of hydrogen-bond acceptors (Lipinski definition) is 2. The second-order valence-corrected chi connectivity index (χ2v) is 5.61. The molecule has 0 fully saturated rings. The molecule has 0 saturated carbocycles. The number of esters is 1. The van der Waals surface area contributed by atoms with Gasteiger partial charge in [0.05, 0.1) is 0 Å². The van der Waals surface area contributed by atoms with Crippen LogP contribution in [0.3, 0.4) is 0 Å². The molecule has 19 heavy (non-hydrogen) atoms. The summed E-state index contributed by atoms with van der Waals surface area (Å²) in [5.41, 5.74) is 3.05. The van der Waals surface area contributed by atoms with Gasteiger partial charge in [-0.2, -0.15) is 0 Å². The molecule has 0 aliphatic rings. The van der Waals surface area contributed by atoms with Crippen molar-refractivity contribution in [3.8, 4) is 0 Å². The fourth-order valence-corrected chi connectivity index (χ4v) is 1.52. The zero-order chi connectivity index (χ0) is 14.5. The van der Waals surface area contributed by atoms with Crippen molar-refractivity contribution in [1.29, 1.82) is 0 Å². The van der Waals surface area contributed by atoms with Crippen LogP contribution in [0.4, 0.5) is 0 Å². The zero-order valence-corrected chi connectivity index (χ0v) is 12.4. The molecule has 0 aliphatic heterocycles. The van der Waals surface area contributed by atoms with Gasteiger partial charge < -0.3 is 4.74 Å². The lowest BCUT2D eigenvalue weighted by Gasteiger charge is -2.17. The number of aryl methyl sites for hydroxylation is 1. The van der Waals surface area contributed by atoms with Crippen molar-refractivity contribution in [1.82, 2.24) is 0 Å². The first-order valence-corrected chi connectivity index (χ1v) is 6.43. The Morgan fingerprint density at radius 3 is 2.26 bits per heavy atom. The highest BCUT2D eigenvalue weighted by atomic mass is 16.6. The zero-order valence-electron chi connectivity index (χ0n) is 12.4. The van der Waals surface area contributed by atoms with Crippen LogP contribution in [-0.4, -0.2) is 11.6 Å². The average molecular weight is 258 g/mol. The molecule has 0 aliphatic carbocycles. The van der Waals surface area contributed by atoms with E-state index in [1.54, 1.807) is 6.08 Å². The quantitative estimate of drug-likeness (QED) is 0.459. The topological polar surface area (TPSA) is 26.3 Å². The number of ether oxygens (including phenoxy) is 1. The third-order valence-electron chi connectivity index (χ3n) is 2.49. The predicted molar refractivity (Wildman–Crippen MR) is 79.8 cm³/mol. The Morgan fingerprint density at radius 1 is 1.16 bits per heavy atom. The van der Waals surface area contributed by atoms with Crippen LogP contribution in [0.25, 0.3) is 5.57 Å². The van der Waals surface area contributed by atoms with Gasteiger partial charge in [0, 0.05) is 6.08 Å². The Bertz CT molecular complexity index is 485. The van der Waals surface area contributed by atoms with Gasteiger partial charge in [0.1, 0.15) is 5.60 Å². The molecule has 0 radical (unpaired) electrons. The van der Waals surface area contributed by atoms with Crippen LogP contribution in [0.1, 0.15) is 38.8 Å². The van der Waals surface area contributed by atoms with Gasteiger partial charge in [0.25, 0.3) is 0 Å². The summed E-state index contributed by atoms with van der Waals surface area (Å²) in [5, 5.41) is 0. The van der Waals surface area contributed by atoms with Crippen molar-refractivity contribution < 1.29 is 9.53 Å². The first-order chi connectivity index (χ1) is 8.78. The molecule has 0 atom stereocenters. The average Bonchev–Trinajstić information content (AvgIpc) is 2.27. The highest BCUT2D eigenvalue weighted by Gasteiger charge is 2.13. The fraction of sp³-hybridized carbons (Fsp3) is 0.353. The molecule has 2 heteroatoms. The lowest BCUT2D eigenvalue weighted by Crippen LogP contribution is -2.22. The summed E-state index contributed by atoms with van der Waals surface area (Å²) in [5.74, 6) is -0.319. The normalized spacial score (nSPS) is 12.8. The summed E-state index contributed by atoms with van der Waals surface area (Å²) < 4.78 is 5.19. The highest BCUT2D eigenvalue weighted by Crippen LogP contribution is 2.14. The van der Waals surface area contributed by atoms with Crippen LogP contribution in [0.15, 0.2) is 42.5 Å². The van der Waals surface area contributed by atoms with E-state index in [-0.39, 0.29) is 5.97 Å². The van der Waals surface area contributed by atoms with Gasteiger partial charge in [-0.1, -0.05) is 42.0 Å². The molecule has 0 unspecified atom stereocenters. The molecule has 1 aromatic rings.